The molecule has 0 atom stereocenters. The first-order valence-corrected chi connectivity index (χ1v) is 6.38. The first kappa shape index (κ1) is 11.5. The summed E-state index contributed by atoms with van der Waals surface area (Å²) in [6.45, 7) is 2.14. The maximum atomic E-state index is 3.30. The van der Waals surface area contributed by atoms with Crippen LogP contribution in [0.3, 0.4) is 0 Å². The molecule has 0 amide bonds. The van der Waals surface area contributed by atoms with Crippen molar-refractivity contribution >= 4 is 21.8 Å². The molecule has 0 aliphatic carbocycles. The number of aryl methyl sites for hydroxylation is 1. The zero-order chi connectivity index (χ0) is 9.42. The molecule has 14 heavy (non-hydrogen) atoms. The van der Waals surface area contributed by atoms with Crippen LogP contribution in [0.25, 0.3) is 10.9 Å². The Balaban J connectivity index is 0.000000980. The minimum absolute atomic E-state index is 0. The molecule has 0 fully saturated rings. The summed E-state index contributed by atoms with van der Waals surface area (Å²) in [5.41, 5.74) is 2.58. The topological polar surface area (TPSA) is 15.8 Å². The van der Waals surface area contributed by atoms with Crippen LogP contribution >= 0.6 is 0 Å². The van der Waals surface area contributed by atoms with E-state index in [0.29, 0.717) is 10.9 Å². The van der Waals surface area contributed by atoms with E-state index in [2.05, 4.69) is 48.8 Å². The van der Waals surface area contributed by atoms with Crippen molar-refractivity contribution in [3.63, 3.8) is 0 Å². The second-order valence-corrected chi connectivity index (χ2v) is 5.59. The van der Waals surface area contributed by atoms with Gasteiger partial charge in [-0.25, -0.2) is 0 Å². The first-order valence-electron chi connectivity index (χ1n) is 4.34. The average molecular weight is 228 g/mol. The van der Waals surface area contributed by atoms with Crippen molar-refractivity contribution in [2.45, 2.75) is 11.8 Å². The largest absolute Gasteiger partial charge is 1.00 e. The molecule has 1 aromatic carbocycles. The number of hydrogen-bond acceptors (Lipinski definition) is 0. The summed E-state index contributed by atoms with van der Waals surface area (Å²) in [6.07, 6.45) is 6.64. The van der Waals surface area contributed by atoms with Crippen molar-refractivity contribution in [3.05, 3.63) is 30.0 Å². The number of aromatic amines is 1. The number of aromatic nitrogens is 1. The lowest BCUT2D eigenvalue weighted by Crippen LogP contribution is -3.00. The Labute approximate surface area is 93.7 Å². The molecule has 0 bridgehead atoms. The van der Waals surface area contributed by atoms with Crippen molar-refractivity contribution in [2.24, 2.45) is 0 Å². The molecule has 1 heterocycles. The highest BCUT2D eigenvalue weighted by Crippen LogP contribution is 2.23. The minimum atomic E-state index is 0. The Morgan fingerprint density at radius 1 is 1.21 bits per heavy atom. The van der Waals surface area contributed by atoms with E-state index in [-0.39, 0.29) is 12.4 Å². The predicted octanol–water partition coefficient (Wildman–Crippen LogP) is -0.283. The van der Waals surface area contributed by atoms with Crippen LogP contribution in [-0.2, 0) is 10.9 Å². The molecule has 0 spiro atoms. The predicted molar refractivity (Wildman–Crippen MR) is 60.5 cm³/mol. The van der Waals surface area contributed by atoms with E-state index in [1.165, 1.54) is 21.4 Å². The van der Waals surface area contributed by atoms with Gasteiger partial charge in [0.25, 0.3) is 0 Å². The van der Waals surface area contributed by atoms with Gasteiger partial charge in [0.05, 0.1) is 17.1 Å². The van der Waals surface area contributed by atoms with Crippen LogP contribution in [0.1, 0.15) is 5.56 Å². The zero-order valence-electron chi connectivity index (χ0n) is 8.60. The summed E-state index contributed by atoms with van der Waals surface area (Å²) < 4.78 is 0. The maximum Gasteiger partial charge on any atom is 0.179 e. The standard InChI is InChI=1S/C11H14NS.ClH/c1-8-4-5-10-9(6-8)11(7-12-10)13(2)3;/h4-7,12H,1-3H3;1H/q+1;/p-1. The molecule has 0 radical (unpaired) electrons. The van der Waals surface area contributed by atoms with E-state index in [1.54, 1.807) is 0 Å². The summed E-state index contributed by atoms with van der Waals surface area (Å²) in [6, 6.07) is 6.56. The van der Waals surface area contributed by atoms with Crippen molar-refractivity contribution in [2.75, 3.05) is 12.5 Å². The van der Waals surface area contributed by atoms with Gasteiger partial charge in [0, 0.05) is 10.9 Å². The van der Waals surface area contributed by atoms with E-state index >= 15 is 0 Å². The quantitative estimate of drug-likeness (QED) is 0.645. The van der Waals surface area contributed by atoms with Gasteiger partial charge in [-0.1, -0.05) is 11.6 Å². The first-order chi connectivity index (χ1) is 6.18. The number of H-pyrrole nitrogens is 1. The Morgan fingerprint density at radius 2 is 1.93 bits per heavy atom. The van der Waals surface area contributed by atoms with Crippen LogP contribution in [0.5, 0.6) is 0 Å². The number of nitrogens with one attached hydrogen (secondary N) is 1. The highest BCUT2D eigenvalue weighted by atomic mass is 35.5. The molecule has 0 saturated carbocycles. The Hall–Kier alpha value is -0.600. The summed E-state index contributed by atoms with van der Waals surface area (Å²) in [7, 11) is 0.338. The van der Waals surface area contributed by atoms with Crippen molar-refractivity contribution in [1.29, 1.82) is 0 Å². The SMILES string of the molecule is Cc1ccc2[nH]cc([S+](C)C)c2c1.[Cl-]. The van der Waals surface area contributed by atoms with Gasteiger partial charge in [-0.05, 0) is 19.1 Å². The summed E-state index contributed by atoms with van der Waals surface area (Å²) in [5.74, 6) is 0. The third-order valence-electron chi connectivity index (χ3n) is 2.24. The molecule has 1 N–H and O–H groups in total. The summed E-state index contributed by atoms with van der Waals surface area (Å²) in [5, 5.41) is 1.38. The molecule has 1 aromatic heterocycles. The Morgan fingerprint density at radius 3 is 2.57 bits per heavy atom. The lowest BCUT2D eigenvalue weighted by Gasteiger charge is -1.95. The normalized spacial score (nSPS) is 10.6. The average Bonchev–Trinajstić information content (AvgIpc) is 2.46. The van der Waals surface area contributed by atoms with Crippen LogP contribution in [0.2, 0.25) is 0 Å². The van der Waals surface area contributed by atoms with Crippen LogP contribution in [-0.4, -0.2) is 17.5 Å². The van der Waals surface area contributed by atoms with Gasteiger partial charge in [0.2, 0.25) is 0 Å². The van der Waals surface area contributed by atoms with Gasteiger partial charge in [-0.2, -0.15) is 0 Å². The number of halogens is 1. The van der Waals surface area contributed by atoms with E-state index in [1.807, 2.05) is 0 Å². The minimum Gasteiger partial charge on any atom is -1.00 e. The van der Waals surface area contributed by atoms with Gasteiger partial charge in [0.15, 0.2) is 4.90 Å². The van der Waals surface area contributed by atoms with Crippen molar-refractivity contribution in [3.8, 4) is 0 Å². The van der Waals surface area contributed by atoms with Gasteiger partial charge in [-0.3, -0.25) is 0 Å². The molecule has 2 rings (SSSR count). The van der Waals surface area contributed by atoms with Crippen LogP contribution in [0.4, 0.5) is 0 Å². The molecule has 0 unspecified atom stereocenters. The lowest BCUT2D eigenvalue weighted by molar-refractivity contribution is -0.00000288. The zero-order valence-corrected chi connectivity index (χ0v) is 10.2. The molecule has 0 aliphatic rings. The van der Waals surface area contributed by atoms with Crippen LogP contribution in [0, 0.1) is 6.92 Å². The molecule has 76 valence electrons. The van der Waals surface area contributed by atoms with Crippen molar-refractivity contribution < 1.29 is 12.4 Å². The third-order valence-corrected chi connectivity index (χ3v) is 3.46. The third kappa shape index (κ3) is 1.91. The lowest BCUT2D eigenvalue weighted by atomic mass is 10.2. The molecule has 1 nitrogen and oxygen atoms in total. The highest BCUT2D eigenvalue weighted by Gasteiger charge is 2.14. The summed E-state index contributed by atoms with van der Waals surface area (Å²) in [4.78, 5) is 4.75. The number of hydrogen-bond donors (Lipinski definition) is 1. The molecule has 3 heteroatoms. The second kappa shape index (κ2) is 4.28. The van der Waals surface area contributed by atoms with Crippen LogP contribution < -0.4 is 12.4 Å². The Bertz CT molecular complexity index is 434. The van der Waals surface area contributed by atoms with Gasteiger partial charge < -0.3 is 17.4 Å². The molecule has 0 saturated heterocycles. The number of rotatable bonds is 1. The fraction of sp³-hybridized carbons (Fsp3) is 0.273. The van der Waals surface area contributed by atoms with E-state index < -0.39 is 0 Å². The fourth-order valence-electron chi connectivity index (χ4n) is 1.55. The van der Waals surface area contributed by atoms with E-state index in [4.69, 9.17) is 0 Å². The second-order valence-electron chi connectivity index (χ2n) is 3.52. The monoisotopic (exact) mass is 227 g/mol. The maximum absolute atomic E-state index is 3.30. The van der Waals surface area contributed by atoms with Gasteiger partial charge in [0.1, 0.15) is 12.5 Å². The molecule has 2 aromatic rings. The summed E-state index contributed by atoms with van der Waals surface area (Å²) >= 11 is 0. The number of benzene rings is 1. The van der Waals surface area contributed by atoms with Gasteiger partial charge >= 0.3 is 0 Å². The van der Waals surface area contributed by atoms with Crippen LogP contribution in [0.15, 0.2) is 29.3 Å². The highest BCUT2D eigenvalue weighted by molar-refractivity contribution is 7.95. The van der Waals surface area contributed by atoms with E-state index in [9.17, 15) is 0 Å². The van der Waals surface area contributed by atoms with Crippen molar-refractivity contribution in [1.82, 2.24) is 4.98 Å². The Kier molecular flexibility index (Phi) is 3.51. The van der Waals surface area contributed by atoms with E-state index in [0.717, 1.165) is 0 Å². The smallest absolute Gasteiger partial charge is 0.179 e. The van der Waals surface area contributed by atoms with Gasteiger partial charge in [-0.15, -0.1) is 0 Å². The molecular weight excluding hydrogens is 214 g/mol. The fourth-order valence-corrected chi connectivity index (χ4v) is 2.45. The molecular formula is C11H14ClNS. The number of fused-ring (bicyclic) bond motifs is 1. The molecule has 0 aliphatic heterocycles.